The summed E-state index contributed by atoms with van der Waals surface area (Å²) in [6.45, 7) is 3.60. The lowest BCUT2D eigenvalue weighted by molar-refractivity contribution is 0.420. The average molecular weight is 206 g/mol. The molecule has 1 rings (SSSR count). The van der Waals surface area contributed by atoms with Gasteiger partial charge in [0.25, 0.3) is 0 Å². The molecule has 0 fully saturated rings. The van der Waals surface area contributed by atoms with Crippen LogP contribution in [0.2, 0.25) is 0 Å². The third kappa shape index (κ3) is 3.72. The summed E-state index contributed by atoms with van der Waals surface area (Å²) in [7, 11) is 4.04. The molecule has 0 bridgehead atoms. The van der Waals surface area contributed by atoms with Crippen molar-refractivity contribution in [1.82, 2.24) is 4.90 Å². The van der Waals surface area contributed by atoms with Crippen molar-refractivity contribution in [1.29, 1.82) is 0 Å². The van der Waals surface area contributed by atoms with Gasteiger partial charge in [-0.2, -0.15) is 0 Å². The quantitative estimate of drug-likeness (QED) is 0.762. The van der Waals surface area contributed by atoms with Gasteiger partial charge in [0.2, 0.25) is 0 Å². The molecule has 0 spiro atoms. The maximum absolute atomic E-state index is 9.60. The summed E-state index contributed by atoms with van der Waals surface area (Å²) in [4.78, 5) is 6.50. The van der Waals surface area contributed by atoms with Crippen LogP contribution in [0.4, 0.5) is 0 Å². The van der Waals surface area contributed by atoms with E-state index in [0.717, 1.165) is 24.4 Å². The second-order valence-corrected chi connectivity index (χ2v) is 3.79. The fourth-order valence-corrected chi connectivity index (χ4v) is 1.28. The number of nitrogens with zero attached hydrogens (tertiary/aromatic N) is 2. The smallest absolute Gasteiger partial charge is 0.124 e. The third-order valence-electron chi connectivity index (χ3n) is 2.19. The van der Waals surface area contributed by atoms with Crippen molar-refractivity contribution in [2.45, 2.75) is 6.92 Å². The molecular weight excluding hydrogens is 188 g/mol. The van der Waals surface area contributed by atoms with E-state index >= 15 is 0 Å². The molecule has 0 aliphatic carbocycles. The molecule has 0 atom stereocenters. The number of aromatic hydroxyl groups is 1. The second kappa shape index (κ2) is 5.51. The van der Waals surface area contributed by atoms with E-state index in [2.05, 4.69) is 9.89 Å². The summed E-state index contributed by atoms with van der Waals surface area (Å²) in [6.07, 6.45) is 0. The Kier molecular flexibility index (Phi) is 4.31. The number of para-hydroxylation sites is 1. The minimum Gasteiger partial charge on any atom is -0.507 e. The first-order chi connectivity index (χ1) is 7.11. The summed E-state index contributed by atoms with van der Waals surface area (Å²) in [5.41, 5.74) is 1.70. The molecule has 1 aromatic carbocycles. The van der Waals surface area contributed by atoms with Crippen molar-refractivity contribution in [3.05, 3.63) is 29.8 Å². The summed E-state index contributed by atoms with van der Waals surface area (Å²) in [5, 5.41) is 9.60. The van der Waals surface area contributed by atoms with Crippen molar-refractivity contribution in [3.8, 4) is 5.75 Å². The molecule has 82 valence electrons. The zero-order chi connectivity index (χ0) is 11.3. The predicted molar refractivity (Wildman–Crippen MR) is 63.7 cm³/mol. The first-order valence-corrected chi connectivity index (χ1v) is 5.05. The first kappa shape index (κ1) is 11.7. The van der Waals surface area contributed by atoms with Crippen LogP contribution < -0.4 is 0 Å². The normalized spacial score (nSPS) is 12.1. The summed E-state index contributed by atoms with van der Waals surface area (Å²) in [6, 6.07) is 7.27. The zero-order valence-corrected chi connectivity index (χ0v) is 9.57. The topological polar surface area (TPSA) is 35.8 Å². The van der Waals surface area contributed by atoms with Crippen molar-refractivity contribution in [2.24, 2.45) is 4.99 Å². The van der Waals surface area contributed by atoms with Gasteiger partial charge < -0.3 is 10.0 Å². The molecule has 15 heavy (non-hydrogen) atoms. The van der Waals surface area contributed by atoms with Crippen LogP contribution in [0.1, 0.15) is 12.5 Å². The summed E-state index contributed by atoms with van der Waals surface area (Å²) >= 11 is 0. The lowest BCUT2D eigenvalue weighted by Crippen LogP contribution is -2.16. The van der Waals surface area contributed by atoms with Crippen molar-refractivity contribution < 1.29 is 5.11 Å². The SMILES string of the molecule is CC(=NCCN(C)C)c1ccccc1O. The van der Waals surface area contributed by atoms with Gasteiger partial charge in [0.15, 0.2) is 0 Å². The van der Waals surface area contributed by atoms with E-state index < -0.39 is 0 Å². The van der Waals surface area contributed by atoms with Crippen LogP contribution in [0.5, 0.6) is 5.75 Å². The Balaban J connectivity index is 2.68. The predicted octanol–water partition coefficient (Wildman–Crippen LogP) is 1.76. The van der Waals surface area contributed by atoms with Crippen LogP contribution >= 0.6 is 0 Å². The number of benzene rings is 1. The Labute approximate surface area is 91.1 Å². The number of rotatable bonds is 4. The maximum Gasteiger partial charge on any atom is 0.124 e. The highest BCUT2D eigenvalue weighted by Gasteiger charge is 2.02. The standard InChI is InChI=1S/C12H18N2O/c1-10(13-8-9-14(2)3)11-6-4-5-7-12(11)15/h4-7,15H,8-9H2,1-3H3. The van der Waals surface area contributed by atoms with Gasteiger partial charge in [-0.25, -0.2) is 0 Å². The number of aliphatic imine (C=N–C) groups is 1. The van der Waals surface area contributed by atoms with Crippen LogP contribution in [0.25, 0.3) is 0 Å². The first-order valence-electron chi connectivity index (χ1n) is 5.05. The lowest BCUT2D eigenvalue weighted by Gasteiger charge is -2.07. The van der Waals surface area contributed by atoms with Crippen LogP contribution in [-0.2, 0) is 0 Å². The highest BCUT2D eigenvalue weighted by atomic mass is 16.3. The highest BCUT2D eigenvalue weighted by molar-refractivity contribution is 6.00. The van der Waals surface area contributed by atoms with E-state index in [-0.39, 0.29) is 0 Å². The van der Waals surface area contributed by atoms with Crippen molar-refractivity contribution in [3.63, 3.8) is 0 Å². The van der Waals surface area contributed by atoms with Gasteiger partial charge in [-0.15, -0.1) is 0 Å². The fraction of sp³-hybridized carbons (Fsp3) is 0.417. The Bertz CT molecular complexity index is 345. The minimum atomic E-state index is 0.295. The van der Waals surface area contributed by atoms with E-state index in [1.165, 1.54) is 0 Å². The van der Waals surface area contributed by atoms with Crippen LogP contribution in [0.15, 0.2) is 29.3 Å². The Morgan fingerprint density at radius 2 is 2.00 bits per heavy atom. The van der Waals surface area contributed by atoms with E-state index in [1.807, 2.05) is 39.2 Å². The number of hydrogen-bond acceptors (Lipinski definition) is 3. The van der Waals surface area contributed by atoms with Gasteiger partial charge in [0.05, 0.1) is 6.54 Å². The zero-order valence-electron chi connectivity index (χ0n) is 9.57. The van der Waals surface area contributed by atoms with Crippen molar-refractivity contribution >= 4 is 5.71 Å². The van der Waals surface area contributed by atoms with Crippen LogP contribution in [0.3, 0.4) is 0 Å². The molecule has 0 heterocycles. The number of likely N-dealkylation sites (N-methyl/N-ethyl adjacent to an activating group) is 1. The highest BCUT2D eigenvalue weighted by Crippen LogP contribution is 2.16. The Morgan fingerprint density at radius 1 is 1.33 bits per heavy atom. The average Bonchev–Trinajstić information content (AvgIpc) is 2.17. The van der Waals surface area contributed by atoms with Crippen molar-refractivity contribution in [2.75, 3.05) is 27.2 Å². The van der Waals surface area contributed by atoms with E-state index in [4.69, 9.17) is 0 Å². The molecule has 0 aliphatic heterocycles. The number of hydrogen-bond donors (Lipinski definition) is 1. The molecule has 0 unspecified atom stereocenters. The molecule has 0 aromatic heterocycles. The maximum atomic E-state index is 9.60. The lowest BCUT2D eigenvalue weighted by atomic mass is 10.1. The number of phenols is 1. The molecule has 0 amide bonds. The van der Waals surface area contributed by atoms with E-state index in [1.54, 1.807) is 6.07 Å². The van der Waals surface area contributed by atoms with Gasteiger partial charge in [-0.3, -0.25) is 4.99 Å². The largest absolute Gasteiger partial charge is 0.507 e. The van der Waals surface area contributed by atoms with Gasteiger partial charge >= 0.3 is 0 Å². The monoisotopic (exact) mass is 206 g/mol. The molecule has 0 aliphatic rings. The van der Waals surface area contributed by atoms with Gasteiger partial charge in [-0.1, -0.05) is 12.1 Å². The summed E-state index contributed by atoms with van der Waals surface area (Å²) in [5.74, 6) is 0.295. The molecular formula is C12H18N2O. The molecule has 3 nitrogen and oxygen atoms in total. The molecule has 3 heteroatoms. The molecule has 1 N–H and O–H groups in total. The third-order valence-corrected chi connectivity index (χ3v) is 2.19. The molecule has 0 saturated carbocycles. The van der Waals surface area contributed by atoms with Crippen LogP contribution in [0, 0.1) is 0 Å². The Morgan fingerprint density at radius 3 is 2.60 bits per heavy atom. The summed E-state index contributed by atoms with van der Waals surface area (Å²) < 4.78 is 0. The fourth-order valence-electron chi connectivity index (χ4n) is 1.28. The van der Waals surface area contributed by atoms with Gasteiger partial charge in [0.1, 0.15) is 5.75 Å². The minimum absolute atomic E-state index is 0.295. The van der Waals surface area contributed by atoms with E-state index in [0.29, 0.717) is 5.75 Å². The van der Waals surface area contributed by atoms with Crippen LogP contribution in [-0.4, -0.2) is 42.9 Å². The van der Waals surface area contributed by atoms with Gasteiger partial charge in [-0.05, 0) is 33.2 Å². The Hall–Kier alpha value is -1.35. The van der Waals surface area contributed by atoms with E-state index in [9.17, 15) is 5.11 Å². The molecule has 0 saturated heterocycles. The second-order valence-electron chi connectivity index (χ2n) is 3.79. The van der Waals surface area contributed by atoms with Gasteiger partial charge in [0, 0.05) is 17.8 Å². The molecule has 0 radical (unpaired) electrons. The molecule has 1 aromatic rings. The number of phenolic OH excluding ortho intramolecular Hbond substituents is 1.